The second kappa shape index (κ2) is 16.8. The van der Waals surface area contributed by atoms with Crippen molar-refractivity contribution in [3.05, 3.63) is 107 Å². The first-order valence-electron chi connectivity index (χ1n) is 17.3. The summed E-state index contributed by atoms with van der Waals surface area (Å²) >= 11 is 0. The maximum absolute atomic E-state index is 11.0. The molecule has 3 aromatic carbocycles. The van der Waals surface area contributed by atoms with Crippen molar-refractivity contribution in [1.82, 2.24) is 4.90 Å². The highest BCUT2D eigenvalue weighted by molar-refractivity contribution is 5.63. The predicted octanol–water partition coefficient (Wildman–Crippen LogP) is 9.83. The zero-order chi connectivity index (χ0) is 30.6. The topological polar surface area (TPSA) is 29.5 Å². The van der Waals surface area contributed by atoms with Crippen molar-refractivity contribution in [1.29, 1.82) is 0 Å². The summed E-state index contributed by atoms with van der Waals surface area (Å²) < 4.78 is 6.56. The lowest BCUT2D eigenvalue weighted by atomic mass is 9.80. The molecule has 3 nitrogen and oxygen atoms in total. The highest BCUT2D eigenvalue weighted by atomic mass is 16.5. The number of para-hydroxylation sites is 1. The van der Waals surface area contributed by atoms with E-state index in [0.29, 0.717) is 18.4 Å². The van der Waals surface area contributed by atoms with Crippen molar-refractivity contribution >= 4 is 11.9 Å². The number of aldehydes is 1. The molecule has 0 heterocycles. The Hall–Kier alpha value is -3.17. The molecule has 1 saturated carbocycles. The van der Waals surface area contributed by atoms with Crippen LogP contribution in [-0.2, 0) is 24.1 Å². The van der Waals surface area contributed by atoms with Gasteiger partial charge in [-0.1, -0.05) is 91.7 Å². The van der Waals surface area contributed by atoms with Crippen LogP contribution in [0.3, 0.4) is 0 Å². The molecule has 44 heavy (non-hydrogen) atoms. The fraction of sp³-hybridized carbons (Fsp3) is 0.488. The molecule has 234 valence electrons. The summed E-state index contributed by atoms with van der Waals surface area (Å²) in [5, 5.41) is 0. The van der Waals surface area contributed by atoms with Gasteiger partial charge in [-0.25, -0.2) is 0 Å². The third-order valence-electron chi connectivity index (χ3n) is 10.1. The van der Waals surface area contributed by atoms with Gasteiger partial charge in [-0.3, -0.25) is 4.90 Å². The molecule has 5 rings (SSSR count). The maximum Gasteiger partial charge on any atom is 0.122 e. The number of carbonyl (C=O) groups excluding carboxylic acids is 1. The van der Waals surface area contributed by atoms with E-state index in [1.54, 1.807) is 0 Å². The number of benzene rings is 3. The third kappa shape index (κ3) is 9.17. The van der Waals surface area contributed by atoms with E-state index < -0.39 is 0 Å². The number of nitrogens with zero attached hydrogens (tertiary/aromatic N) is 1. The van der Waals surface area contributed by atoms with Crippen LogP contribution in [0.4, 0.5) is 0 Å². The van der Waals surface area contributed by atoms with Crippen LogP contribution in [0, 0.1) is 11.8 Å². The number of allylic oxidation sites excluding steroid dienone is 1. The molecule has 0 aliphatic heterocycles. The maximum atomic E-state index is 11.0. The minimum atomic E-state index is 0.430. The summed E-state index contributed by atoms with van der Waals surface area (Å²) in [5.74, 6) is 2.58. The molecule has 1 unspecified atom stereocenters. The van der Waals surface area contributed by atoms with Crippen LogP contribution in [0.1, 0.15) is 105 Å². The quantitative estimate of drug-likeness (QED) is 0.123. The summed E-state index contributed by atoms with van der Waals surface area (Å²) in [6, 6.07) is 27.1. The SMILES string of the molecule is C=C(C)c1ccc2c(c1)CCCC2N(CCCCC=O)CCc1ccccc1OC[C@H]1CC[C@@H](CCc2ccccc2)CC1. The number of hydrogen-bond donors (Lipinski definition) is 0. The molecule has 0 saturated heterocycles. The van der Waals surface area contributed by atoms with Crippen LogP contribution in [0.25, 0.3) is 5.57 Å². The Morgan fingerprint density at radius 3 is 2.45 bits per heavy atom. The fourth-order valence-electron chi connectivity index (χ4n) is 7.42. The van der Waals surface area contributed by atoms with Crippen molar-refractivity contribution in [2.24, 2.45) is 11.8 Å². The predicted molar refractivity (Wildman–Crippen MR) is 184 cm³/mol. The highest BCUT2D eigenvalue weighted by Crippen LogP contribution is 2.37. The van der Waals surface area contributed by atoms with Crippen molar-refractivity contribution < 1.29 is 9.53 Å². The number of rotatable bonds is 16. The lowest BCUT2D eigenvalue weighted by Gasteiger charge is -2.36. The zero-order valence-electron chi connectivity index (χ0n) is 27.0. The molecule has 0 N–H and O–H groups in total. The summed E-state index contributed by atoms with van der Waals surface area (Å²) in [4.78, 5) is 13.7. The number of unbranched alkanes of at least 4 members (excludes halogenated alkanes) is 2. The summed E-state index contributed by atoms with van der Waals surface area (Å²) in [6.07, 6.45) is 16.0. The van der Waals surface area contributed by atoms with Gasteiger partial charge in [0, 0.05) is 19.0 Å². The zero-order valence-corrected chi connectivity index (χ0v) is 27.0. The molecule has 2 aliphatic carbocycles. The minimum absolute atomic E-state index is 0.430. The van der Waals surface area contributed by atoms with Gasteiger partial charge < -0.3 is 9.53 Å². The second-order valence-electron chi connectivity index (χ2n) is 13.4. The first-order valence-corrected chi connectivity index (χ1v) is 17.3. The number of carbonyl (C=O) groups is 1. The average molecular weight is 592 g/mol. The molecule has 0 radical (unpaired) electrons. The molecule has 3 aromatic rings. The van der Waals surface area contributed by atoms with E-state index in [0.717, 1.165) is 68.9 Å². The van der Waals surface area contributed by atoms with Gasteiger partial charge in [-0.2, -0.15) is 0 Å². The van der Waals surface area contributed by atoms with Gasteiger partial charge in [0.2, 0.25) is 0 Å². The van der Waals surface area contributed by atoms with Gasteiger partial charge in [-0.15, -0.1) is 0 Å². The van der Waals surface area contributed by atoms with Gasteiger partial charge in [0.1, 0.15) is 12.0 Å². The summed E-state index contributed by atoms with van der Waals surface area (Å²) in [7, 11) is 0. The van der Waals surface area contributed by atoms with Crippen LogP contribution in [-0.4, -0.2) is 30.9 Å². The third-order valence-corrected chi connectivity index (χ3v) is 10.1. The monoisotopic (exact) mass is 591 g/mol. The highest BCUT2D eigenvalue weighted by Gasteiger charge is 2.26. The van der Waals surface area contributed by atoms with E-state index in [9.17, 15) is 4.79 Å². The standard InChI is InChI=1S/C41H53NO2/c1-32(2)37-24-25-39-38(30-37)15-11-16-40(39)42(27-9-4-10-29-43)28-26-36-14-7-8-17-41(36)44-31-35-22-20-34(21-23-35)19-18-33-12-5-3-6-13-33/h3,5-8,12-14,17,24-25,29-30,34-35,40H,1,4,9-11,15-16,18-23,26-28,31H2,2H3/t34-,35+,40?. The Bertz CT molecular complexity index is 1320. The van der Waals surface area contributed by atoms with Gasteiger partial charge >= 0.3 is 0 Å². The van der Waals surface area contributed by atoms with Crippen LogP contribution in [0.5, 0.6) is 5.75 Å². The molecule has 1 fully saturated rings. The summed E-state index contributed by atoms with van der Waals surface area (Å²) in [6.45, 7) is 9.13. The molecule has 3 heteroatoms. The second-order valence-corrected chi connectivity index (χ2v) is 13.4. The minimum Gasteiger partial charge on any atom is -0.493 e. The van der Waals surface area contributed by atoms with Gasteiger partial charge in [-0.05, 0) is 123 Å². The fourth-order valence-corrected chi connectivity index (χ4v) is 7.42. The molecular weight excluding hydrogens is 538 g/mol. The van der Waals surface area contributed by atoms with Crippen LogP contribution >= 0.6 is 0 Å². The lowest BCUT2D eigenvalue weighted by Crippen LogP contribution is -2.34. The van der Waals surface area contributed by atoms with E-state index >= 15 is 0 Å². The summed E-state index contributed by atoms with van der Waals surface area (Å²) in [5.41, 5.74) is 8.15. The Kier molecular flexibility index (Phi) is 12.3. The molecule has 0 spiro atoms. The van der Waals surface area contributed by atoms with E-state index in [1.807, 2.05) is 0 Å². The first-order chi connectivity index (χ1) is 21.6. The molecule has 1 atom stereocenters. The van der Waals surface area contributed by atoms with Crippen LogP contribution < -0.4 is 4.74 Å². The van der Waals surface area contributed by atoms with Gasteiger partial charge in [0.15, 0.2) is 0 Å². The molecule has 2 aliphatic rings. The van der Waals surface area contributed by atoms with Crippen molar-refractivity contribution in [3.63, 3.8) is 0 Å². The van der Waals surface area contributed by atoms with Crippen molar-refractivity contribution in [3.8, 4) is 5.75 Å². The molecule has 0 bridgehead atoms. The first kappa shape index (κ1) is 32.2. The van der Waals surface area contributed by atoms with Crippen molar-refractivity contribution in [2.45, 2.75) is 96.4 Å². The Morgan fingerprint density at radius 1 is 0.886 bits per heavy atom. The Morgan fingerprint density at radius 2 is 1.66 bits per heavy atom. The largest absolute Gasteiger partial charge is 0.493 e. The van der Waals surface area contributed by atoms with E-state index in [2.05, 4.69) is 91.2 Å². The van der Waals surface area contributed by atoms with E-state index in [4.69, 9.17) is 4.74 Å². The van der Waals surface area contributed by atoms with Gasteiger partial charge in [0.05, 0.1) is 6.61 Å². The van der Waals surface area contributed by atoms with Crippen LogP contribution in [0.15, 0.2) is 79.4 Å². The Labute approximate surface area is 266 Å². The lowest BCUT2D eigenvalue weighted by molar-refractivity contribution is -0.107. The van der Waals surface area contributed by atoms with Gasteiger partial charge in [0.25, 0.3) is 0 Å². The number of hydrogen-bond acceptors (Lipinski definition) is 3. The number of ether oxygens (including phenoxy) is 1. The number of aryl methyl sites for hydroxylation is 2. The molecule has 0 aromatic heterocycles. The molecule has 0 amide bonds. The normalized spacial score (nSPS) is 19.8. The smallest absolute Gasteiger partial charge is 0.122 e. The average Bonchev–Trinajstić information content (AvgIpc) is 3.07. The van der Waals surface area contributed by atoms with Crippen molar-refractivity contribution in [2.75, 3.05) is 19.7 Å². The van der Waals surface area contributed by atoms with E-state index in [-0.39, 0.29) is 0 Å². The molecular formula is C41H53NO2. The van der Waals surface area contributed by atoms with E-state index in [1.165, 1.54) is 79.2 Å². The number of fused-ring (bicyclic) bond motifs is 1. The Balaban J connectivity index is 1.16. The van der Waals surface area contributed by atoms with Crippen LogP contribution in [0.2, 0.25) is 0 Å².